The molecule has 106 valence electrons. The summed E-state index contributed by atoms with van der Waals surface area (Å²) < 4.78 is 0. The molecule has 0 heterocycles. The van der Waals surface area contributed by atoms with Crippen molar-refractivity contribution in [2.45, 2.75) is 6.92 Å². The highest BCUT2D eigenvalue weighted by atomic mass is 14.9. The Morgan fingerprint density at radius 3 is 2.27 bits per heavy atom. The first-order valence-corrected chi connectivity index (χ1v) is 7.20. The van der Waals surface area contributed by atoms with Crippen LogP contribution in [0.3, 0.4) is 0 Å². The first-order valence-electron chi connectivity index (χ1n) is 7.20. The number of para-hydroxylation sites is 1. The van der Waals surface area contributed by atoms with E-state index in [9.17, 15) is 5.26 Å². The summed E-state index contributed by atoms with van der Waals surface area (Å²) in [5, 5.41) is 12.6. The van der Waals surface area contributed by atoms with E-state index in [0.717, 1.165) is 22.5 Å². The standard InChI is InChI=1S/C20H16N2/c1-15-11-12-17(16-7-3-2-4-8-16)13-20(15)22-19-10-6-5-9-18(19)14-21/h2-13,22H,1H3. The number of anilines is 2. The Morgan fingerprint density at radius 1 is 0.773 bits per heavy atom. The molecular formula is C20H16N2. The molecule has 0 aromatic heterocycles. The quantitative estimate of drug-likeness (QED) is 0.710. The van der Waals surface area contributed by atoms with Crippen molar-refractivity contribution in [1.82, 2.24) is 0 Å². The molecule has 0 unspecified atom stereocenters. The minimum atomic E-state index is 0.645. The minimum absolute atomic E-state index is 0.645. The summed E-state index contributed by atoms with van der Waals surface area (Å²) in [5.41, 5.74) is 5.98. The molecule has 0 fully saturated rings. The molecule has 1 N–H and O–H groups in total. The largest absolute Gasteiger partial charge is 0.354 e. The molecule has 3 aromatic rings. The number of nitriles is 1. The van der Waals surface area contributed by atoms with Gasteiger partial charge in [0.05, 0.1) is 11.3 Å². The van der Waals surface area contributed by atoms with Gasteiger partial charge in [0.15, 0.2) is 0 Å². The molecule has 0 saturated carbocycles. The maximum Gasteiger partial charge on any atom is 0.101 e. The van der Waals surface area contributed by atoms with Crippen molar-refractivity contribution in [2.24, 2.45) is 0 Å². The van der Waals surface area contributed by atoms with E-state index in [1.807, 2.05) is 42.5 Å². The zero-order valence-electron chi connectivity index (χ0n) is 12.4. The lowest BCUT2D eigenvalue weighted by molar-refractivity contribution is 1.41. The molecule has 3 rings (SSSR count). The predicted molar refractivity (Wildman–Crippen MR) is 91.1 cm³/mol. The van der Waals surface area contributed by atoms with E-state index in [2.05, 4.69) is 48.6 Å². The first kappa shape index (κ1) is 13.9. The molecule has 0 saturated heterocycles. The van der Waals surface area contributed by atoms with Crippen LogP contribution >= 0.6 is 0 Å². The summed E-state index contributed by atoms with van der Waals surface area (Å²) in [5.74, 6) is 0. The number of hydrogen-bond acceptors (Lipinski definition) is 2. The molecule has 2 heteroatoms. The van der Waals surface area contributed by atoms with Gasteiger partial charge in [-0.1, -0.05) is 54.6 Å². The number of nitrogens with one attached hydrogen (secondary N) is 1. The van der Waals surface area contributed by atoms with Crippen molar-refractivity contribution < 1.29 is 0 Å². The molecule has 0 amide bonds. The van der Waals surface area contributed by atoms with Crippen LogP contribution in [0, 0.1) is 18.3 Å². The molecular weight excluding hydrogens is 268 g/mol. The Bertz CT molecular complexity index is 830. The Kier molecular flexibility index (Phi) is 3.89. The van der Waals surface area contributed by atoms with Gasteiger partial charge in [-0.3, -0.25) is 0 Å². The van der Waals surface area contributed by atoms with Gasteiger partial charge in [0, 0.05) is 5.69 Å². The van der Waals surface area contributed by atoms with Gasteiger partial charge >= 0.3 is 0 Å². The lowest BCUT2D eigenvalue weighted by Crippen LogP contribution is -1.96. The van der Waals surface area contributed by atoms with E-state index in [-0.39, 0.29) is 0 Å². The molecule has 2 nitrogen and oxygen atoms in total. The second-order valence-corrected chi connectivity index (χ2v) is 5.18. The average Bonchev–Trinajstić information content (AvgIpc) is 2.58. The van der Waals surface area contributed by atoms with Crippen LogP contribution in [0.25, 0.3) is 11.1 Å². The van der Waals surface area contributed by atoms with Crippen LogP contribution in [-0.2, 0) is 0 Å². The topological polar surface area (TPSA) is 35.8 Å². The normalized spacial score (nSPS) is 10.0. The fraction of sp³-hybridized carbons (Fsp3) is 0.0500. The Labute approximate surface area is 130 Å². The highest BCUT2D eigenvalue weighted by Gasteiger charge is 2.05. The molecule has 0 aliphatic heterocycles. The third kappa shape index (κ3) is 2.84. The van der Waals surface area contributed by atoms with Crippen molar-refractivity contribution in [3.63, 3.8) is 0 Å². The predicted octanol–water partition coefficient (Wildman–Crippen LogP) is 5.28. The van der Waals surface area contributed by atoms with Gasteiger partial charge in [-0.05, 0) is 41.8 Å². The molecule has 0 aliphatic rings. The second kappa shape index (κ2) is 6.15. The second-order valence-electron chi connectivity index (χ2n) is 5.18. The van der Waals surface area contributed by atoms with E-state index in [1.54, 1.807) is 0 Å². The van der Waals surface area contributed by atoms with Crippen molar-refractivity contribution in [3.8, 4) is 17.2 Å². The summed E-state index contributed by atoms with van der Waals surface area (Å²) in [6.45, 7) is 2.06. The fourth-order valence-electron chi connectivity index (χ4n) is 2.40. The lowest BCUT2D eigenvalue weighted by Gasteiger charge is -2.13. The lowest BCUT2D eigenvalue weighted by atomic mass is 10.0. The minimum Gasteiger partial charge on any atom is -0.354 e. The highest BCUT2D eigenvalue weighted by Crippen LogP contribution is 2.28. The number of aryl methyl sites for hydroxylation is 1. The number of rotatable bonds is 3. The van der Waals surface area contributed by atoms with E-state index in [4.69, 9.17) is 0 Å². The first-order chi connectivity index (χ1) is 10.8. The summed E-state index contributed by atoms with van der Waals surface area (Å²) >= 11 is 0. The maximum absolute atomic E-state index is 9.21. The molecule has 0 spiro atoms. The van der Waals surface area contributed by atoms with Crippen molar-refractivity contribution in [3.05, 3.63) is 83.9 Å². The Morgan fingerprint density at radius 2 is 1.50 bits per heavy atom. The van der Waals surface area contributed by atoms with Gasteiger partial charge in [-0.2, -0.15) is 5.26 Å². The van der Waals surface area contributed by atoms with E-state index < -0.39 is 0 Å². The SMILES string of the molecule is Cc1ccc(-c2ccccc2)cc1Nc1ccccc1C#N. The zero-order valence-corrected chi connectivity index (χ0v) is 12.4. The van der Waals surface area contributed by atoms with Gasteiger partial charge in [0.1, 0.15) is 6.07 Å². The zero-order chi connectivity index (χ0) is 15.4. The van der Waals surface area contributed by atoms with E-state index >= 15 is 0 Å². The average molecular weight is 284 g/mol. The van der Waals surface area contributed by atoms with Crippen LogP contribution in [0.1, 0.15) is 11.1 Å². The fourth-order valence-corrected chi connectivity index (χ4v) is 2.40. The third-order valence-corrected chi connectivity index (χ3v) is 3.66. The molecule has 0 radical (unpaired) electrons. The summed E-state index contributed by atoms with van der Waals surface area (Å²) in [6, 6.07) is 26.4. The summed E-state index contributed by atoms with van der Waals surface area (Å²) in [4.78, 5) is 0. The summed E-state index contributed by atoms with van der Waals surface area (Å²) in [6.07, 6.45) is 0. The molecule has 0 bridgehead atoms. The van der Waals surface area contributed by atoms with Gasteiger partial charge in [-0.15, -0.1) is 0 Å². The van der Waals surface area contributed by atoms with Crippen LogP contribution in [0.2, 0.25) is 0 Å². The van der Waals surface area contributed by atoms with Crippen LogP contribution in [0.4, 0.5) is 11.4 Å². The third-order valence-electron chi connectivity index (χ3n) is 3.66. The van der Waals surface area contributed by atoms with Crippen LogP contribution in [-0.4, -0.2) is 0 Å². The van der Waals surface area contributed by atoms with Gasteiger partial charge in [0.25, 0.3) is 0 Å². The van der Waals surface area contributed by atoms with Crippen LogP contribution < -0.4 is 5.32 Å². The van der Waals surface area contributed by atoms with E-state index in [1.165, 1.54) is 5.56 Å². The monoisotopic (exact) mass is 284 g/mol. The number of nitrogens with zero attached hydrogens (tertiary/aromatic N) is 1. The Hall–Kier alpha value is -3.05. The van der Waals surface area contributed by atoms with Crippen molar-refractivity contribution >= 4 is 11.4 Å². The summed E-state index contributed by atoms with van der Waals surface area (Å²) in [7, 11) is 0. The highest BCUT2D eigenvalue weighted by molar-refractivity contribution is 5.74. The van der Waals surface area contributed by atoms with Crippen LogP contribution in [0.5, 0.6) is 0 Å². The number of benzene rings is 3. The number of hydrogen-bond donors (Lipinski definition) is 1. The molecule has 0 atom stereocenters. The van der Waals surface area contributed by atoms with Crippen molar-refractivity contribution in [2.75, 3.05) is 5.32 Å². The van der Waals surface area contributed by atoms with Gasteiger partial charge in [0.2, 0.25) is 0 Å². The molecule has 3 aromatic carbocycles. The Balaban J connectivity index is 1.99. The smallest absolute Gasteiger partial charge is 0.101 e. The molecule has 0 aliphatic carbocycles. The van der Waals surface area contributed by atoms with Crippen molar-refractivity contribution in [1.29, 1.82) is 5.26 Å². The van der Waals surface area contributed by atoms with Gasteiger partial charge in [-0.25, -0.2) is 0 Å². The maximum atomic E-state index is 9.21. The molecule has 22 heavy (non-hydrogen) atoms. The van der Waals surface area contributed by atoms with E-state index in [0.29, 0.717) is 5.56 Å². The van der Waals surface area contributed by atoms with Crippen LogP contribution in [0.15, 0.2) is 72.8 Å². The van der Waals surface area contributed by atoms with Gasteiger partial charge < -0.3 is 5.32 Å².